The van der Waals surface area contributed by atoms with Crippen LogP contribution in [-0.4, -0.2) is 41.7 Å². The van der Waals surface area contributed by atoms with Gasteiger partial charge in [-0.1, -0.05) is 30.3 Å². The molecule has 30 heavy (non-hydrogen) atoms. The number of pyridine rings is 1. The zero-order valence-corrected chi connectivity index (χ0v) is 17.1. The first-order chi connectivity index (χ1) is 14.8. The van der Waals surface area contributed by atoms with Crippen molar-refractivity contribution in [3.63, 3.8) is 0 Å². The molecule has 2 heterocycles. The average Bonchev–Trinajstić information content (AvgIpc) is 3.64. The highest BCUT2D eigenvalue weighted by Gasteiger charge is 2.31. The fourth-order valence-corrected chi connectivity index (χ4v) is 4.11. The number of ether oxygens (including phenoxy) is 1. The van der Waals surface area contributed by atoms with Crippen LogP contribution in [0.15, 0.2) is 77.7 Å². The number of piperazine rings is 1. The summed E-state index contributed by atoms with van der Waals surface area (Å²) in [6.07, 6.45) is 4.53. The average molecular weight is 402 g/mol. The zero-order chi connectivity index (χ0) is 20.3. The standard InChI is InChI=1S/C25H27N3O2/c29-25-18-24(30-19-20-4-2-1-3-5-20)12-13-28(25)23-10-8-22(9-11-23)27-16-14-26(15-17-27)21-6-7-21/h1-5,8-13,18,21H,6-7,14-17,19H2. The van der Waals surface area contributed by atoms with E-state index in [1.807, 2.05) is 48.5 Å². The van der Waals surface area contributed by atoms with E-state index in [0.717, 1.165) is 43.5 Å². The van der Waals surface area contributed by atoms with Crippen LogP contribution in [-0.2, 0) is 6.61 Å². The van der Waals surface area contributed by atoms with Crippen LogP contribution >= 0.6 is 0 Å². The lowest BCUT2D eigenvalue weighted by Crippen LogP contribution is -2.47. The van der Waals surface area contributed by atoms with Crippen LogP contribution in [0.3, 0.4) is 0 Å². The minimum absolute atomic E-state index is 0.0913. The Bertz CT molecular complexity index is 1030. The molecule has 0 bridgehead atoms. The zero-order valence-electron chi connectivity index (χ0n) is 17.1. The molecule has 5 nitrogen and oxygen atoms in total. The van der Waals surface area contributed by atoms with E-state index in [2.05, 4.69) is 21.9 Å². The molecule has 0 amide bonds. The van der Waals surface area contributed by atoms with Gasteiger partial charge in [-0.2, -0.15) is 0 Å². The Morgan fingerprint density at radius 1 is 0.833 bits per heavy atom. The fraction of sp³-hybridized carbons (Fsp3) is 0.320. The molecule has 2 aliphatic rings. The van der Waals surface area contributed by atoms with E-state index in [9.17, 15) is 4.79 Å². The molecule has 2 aromatic carbocycles. The monoisotopic (exact) mass is 401 g/mol. The third kappa shape index (κ3) is 4.26. The van der Waals surface area contributed by atoms with Gasteiger partial charge in [0.25, 0.3) is 5.56 Å². The van der Waals surface area contributed by atoms with E-state index in [1.165, 1.54) is 18.5 Å². The van der Waals surface area contributed by atoms with Gasteiger partial charge in [0.1, 0.15) is 12.4 Å². The lowest BCUT2D eigenvalue weighted by molar-refractivity contribution is 0.248. The van der Waals surface area contributed by atoms with Gasteiger partial charge in [0, 0.05) is 55.9 Å². The molecular formula is C25H27N3O2. The summed E-state index contributed by atoms with van der Waals surface area (Å²) < 4.78 is 7.43. The van der Waals surface area contributed by atoms with Crippen LogP contribution in [0.1, 0.15) is 18.4 Å². The molecule has 0 radical (unpaired) electrons. The van der Waals surface area contributed by atoms with E-state index in [0.29, 0.717) is 12.4 Å². The van der Waals surface area contributed by atoms with Gasteiger partial charge < -0.3 is 9.64 Å². The smallest absolute Gasteiger partial charge is 0.258 e. The lowest BCUT2D eigenvalue weighted by atomic mass is 10.2. The minimum atomic E-state index is -0.0913. The number of hydrogen-bond donors (Lipinski definition) is 0. The quantitative estimate of drug-likeness (QED) is 0.631. The number of rotatable bonds is 6. The summed E-state index contributed by atoms with van der Waals surface area (Å²) in [7, 11) is 0. The molecule has 0 atom stereocenters. The molecule has 5 heteroatoms. The van der Waals surface area contributed by atoms with Gasteiger partial charge in [-0.15, -0.1) is 0 Å². The van der Waals surface area contributed by atoms with Gasteiger partial charge in [0.2, 0.25) is 0 Å². The van der Waals surface area contributed by atoms with Gasteiger partial charge >= 0.3 is 0 Å². The SMILES string of the molecule is O=c1cc(OCc2ccccc2)ccn1-c1ccc(N2CCN(C3CC3)CC2)cc1. The summed E-state index contributed by atoms with van der Waals surface area (Å²) in [5, 5.41) is 0. The predicted octanol–water partition coefficient (Wildman–Crippen LogP) is 3.70. The maximum Gasteiger partial charge on any atom is 0.258 e. The van der Waals surface area contributed by atoms with E-state index < -0.39 is 0 Å². The third-order valence-electron chi connectivity index (χ3n) is 6.01. The Balaban J connectivity index is 1.23. The van der Waals surface area contributed by atoms with Crippen LogP contribution in [0, 0.1) is 0 Å². The van der Waals surface area contributed by atoms with Crippen molar-refractivity contribution in [3.8, 4) is 11.4 Å². The second-order valence-corrected chi connectivity index (χ2v) is 8.12. The highest BCUT2D eigenvalue weighted by molar-refractivity contribution is 5.51. The van der Waals surface area contributed by atoms with Gasteiger partial charge in [0.15, 0.2) is 0 Å². The first-order valence-corrected chi connectivity index (χ1v) is 10.8. The van der Waals surface area contributed by atoms with E-state index in [4.69, 9.17) is 4.74 Å². The second-order valence-electron chi connectivity index (χ2n) is 8.12. The van der Waals surface area contributed by atoms with Gasteiger partial charge in [0.05, 0.1) is 0 Å². The van der Waals surface area contributed by atoms with Crippen LogP contribution in [0.25, 0.3) is 5.69 Å². The molecule has 1 aliphatic heterocycles. The number of aromatic nitrogens is 1. The molecule has 5 rings (SSSR count). The lowest BCUT2D eigenvalue weighted by Gasteiger charge is -2.36. The molecule has 0 N–H and O–H groups in total. The molecule has 1 saturated carbocycles. The number of benzene rings is 2. The summed E-state index contributed by atoms with van der Waals surface area (Å²) in [6, 6.07) is 22.5. The van der Waals surface area contributed by atoms with Crippen molar-refractivity contribution in [1.29, 1.82) is 0 Å². The van der Waals surface area contributed by atoms with Crippen molar-refractivity contribution >= 4 is 5.69 Å². The van der Waals surface area contributed by atoms with Crippen molar-refractivity contribution in [2.45, 2.75) is 25.5 Å². The molecule has 1 aromatic heterocycles. The molecule has 0 unspecified atom stereocenters. The molecule has 1 saturated heterocycles. The van der Waals surface area contributed by atoms with Crippen LogP contribution < -0.4 is 15.2 Å². The Morgan fingerprint density at radius 2 is 1.53 bits per heavy atom. The van der Waals surface area contributed by atoms with E-state index >= 15 is 0 Å². The van der Waals surface area contributed by atoms with Gasteiger partial charge in [-0.25, -0.2) is 0 Å². The molecule has 2 fully saturated rings. The summed E-state index contributed by atoms with van der Waals surface area (Å²) in [5.41, 5.74) is 3.08. The maximum atomic E-state index is 12.6. The van der Waals surface area contributed by atoms with Crippen molar-refractivity contribution < 1.29 is 4.74 Å². The van der Waals surface area contributed by atoms with E-state index in [-0.39, 0.29) is 5.56 Å². The number of anilines is 1. The van der Waals surface area contributed by atoms with Crippen molar-refractivity contribution in [3.05, 3.63) is 88.8 Å². The van der Waals surface area contributed by atoms with Crippen LogP contribution in [0.2, 0.25) is 0 Å². The fourth-order valence-electron chi connectivity index (χ4n) is 4.11. The molecule has 154 valence electrons. The normalized spacial score (nSPS) is 17.1. The van der Waals surface area contributed by atoms with Gasteiger partial charge in [-0.05, 0) is 48.7 Å². The van der Waals surface area contributed by atoms with Gasteiger partial charge in [-0.3, -0.25) is 14.3 Å². The number of hydrogen-bond acceptors (Lipinski definition) is 4. The first kappa shape index (κ1) is 18.9. The maximum absolute atomic E-state index is 12.6. The molecule has 0 spiro atoms. The Morgan fingerprint density at radius 3 is 2.20 bits per heavy atom. The molecule has 1 aliphatic carbocycles. The molecular weight excluding hydrogens is 374 g/mol. The largest absolute Gasteiger partial charge is 0.489 e. The van der Waals surface area contributed by atoms with Crippen molar-refractivity contribution in [1.82, 2.24) is 9.47 Å². The van der Waals surface area contributed by atoms with Crippen LogP contribution in [0.5, 0.6) is 5.75 Å². The highest BCUT2D eigenvalue weighted by Crippen LogP contribution is 2.28. The van der Waals surface area contributed by atoms with Crippen LogP contribution in [0.4, 0.5) is 5.69 Å². The highest BCUT2D eigenvalue weighted by atomic mass is 16.5. The third-order valence-corrected chi connectivity index (χ3v) is 6.01. The summed E-state index contributed by atoms with van der Waals surface area (Å²) in [5.74, 6) is 0.588. The molecule has 3 aromatic rings. The topological polar surface area (TPSA) is 37.7 Å². The minimum Gasteiger partial charge on any atom is -0.489 e. The first-order valence-electron chi connectivity index (χ1n) is 10.8. The Labute approximate surface area is 177 Å². The second kappa shape index (κ2) is 8.36. The Kier molecular flexibility index (Phi) is 5.28. The summed E-state index contributed by atoms with van der Waals surface area (Å²) in [4.78, 5) is 17.7. The van der Waals surface area contributed by atoms with Crippen molar-refractivity contribution in [2.75, 3.05) is 31.1 Å². The Hall–Kier alpha value is -3.05. The van der Waals surface area contributed by atoms with Crippen molar-refractivity contribution in [2.24, 2.45) is 0 Å². The predicted molar refractivity (Wildman–Crippen MR) is 120 cm³/mol. The summed E-state index contributed by atoms with van der Waals surface area (Å²) in [6.45, 7) is 4.89. The number of nitrogens with zero attached hydrogens (tertiary/aromatic N) is 3. The van der Waals surface area contributed by atoms with E-state index in [1.54, 1.807) is 16.8 Å². The summed E-state index contributed by atoms with van der Waals surface area (Å²) >= 11 is 0.